The Bertz CT molecular complexity index is 1110. The summed E-state index contributed by atoms with van der Waals surface area (Å²) in [6.45, 7) is 0. The molecule has 0 heterocycles. The van der Waals surface area contributed by atoms with Crippen LogP contribution in [-0.2, 0) is 6.18 Å². The second-order valence-electron chi connectivity index (χ2n) is 6.16. The molecule has 3 rings (SSSR count). The third-order valence-corrected chi connectivity index (χ3v) is 4.04. The molecular weight excluding hydrogens is 407 g/mol. The summed E-state index contributed by atoms with van der Waals surface area (Å²) in [4.78, 5) is 24.3. The fourth-order valence-electron chi connectivity index (χ4n) is 2.63. The number of amides is 2. The molecule has 0 bridgehead atoms. The zero-order valence-corrected chi connectivity index (χ0v) is 15.1. The molecule has 30 heavy (non-hydrogen) atoms. The van der Waals surface area contributed by atoms with Crippen molar-refractivity contribution in [2.75, 3.05) is 10.6 Å². The number of rotatable bonds is 4. The second kappa shape index (κ2) is 8.32. The van der Waals surface area contributed by atoms with Gasteiger partial charge in [-0.15, -0.1) is 0 Å². The number of carbonyl (C=O) groups excluding carboxylic acids is 2. The standard InChI is InChI=1S/C21H13F5N2O2/c22-13-5-3-4-12(10-13)19(29)28-18-9-8-14(11-16(18)21(24,25)26)27-20(30)15-6-1-2-7-17(15)23/h1-11H,(H,27,30)(H,28,29). The second-order valence-corrected chi connectivity index (χ2v) is 6.16. The highest BCUT2D eigenvalue weighted by atomic mass is 19.4. The summed E-state index contributed by atoms with van der Waals surface area (Å²) in [7, 11) is 0. The summed E-state index contributed by atoms with van der Waals surface area (Å²) in [6.07, 6.45) is -4.87. The summed E-state index contributed by atoms with van der Waals surface area (Å²) < 4.78 is 67.4. The monoisotopic (exact) mass is 420 g/mol. The quantitative estimate of drug-likeness (QED) is 0.549. The Morgan fingerprint density at radius 1 is 0.767 bits per heavy atom. The average Bonchev–Trinajstić information content (AvgIpc) is 2.68. The molecule has 0 atom stereocenters. The lowest BCUT2D eigenvalue weighted by Crippen LogP contribution is -2.18. The van der Waals surface area contributed by atoms with Crippen molar-refractivity contribution in [2.24, 2.45) is 0 Å². The third-order valence-electron chi connectivity index (χ3n) is 4.04. The number of nitrogens with one attached hydrogen (secondary N) is 2. The first-order valence-electron chi connectivity index (χ1n) is 8.49. The number of halogens is 5. The van der Waals surface area contributed by atoms with Gasteiger partial charge in [-0.1, -0.05) is 18.2 Å². The van der Waals surface area contributed by atoms with Gasteiger partial charge in [0.15, 0.2) is 0 Å². The zero-order valence-electron chi connectivity index (χ0n) is 15.1. The Kier molecular flexibility index (Phi) is 5.81. The van der Waals surface area contributed by atoms with Gasteiger partial charge < -0.3 is 10.6 Å². The van der Waals surface area contributed by atoms with Gasteiger partial charge in [-0.05, 0) is 48.5 Å². The minimum Gasteiger partial charge on any atom is -0.322 e. The molecule has 2 N–H and O–H groups in total. The van der Waals surface area contributed by atoms with Crippen LogP contribution in [0, 0.1) is 11.6 Å². The van der Waals surface area contributed by atoms with E-state index in [1.165, 1.54) is 30.3 Å². The fourth-order valence-corrected chi connectivity index (χ4v) is 2.63. The molecule has 9 heteroatoms. The maximum Gasteiger partial charge on any atom is 0.418 e. The lowest BCUT2D eigenvalue weighted by Gasteiger charge is -2.16. The summed E-state index contributed by atoms with van der Waals surface area (Å²) >= 11 is 0. The van der Waals surface area contributed by atoms with Crippen molar-refractivity contribution in [1.82, 2.24) is 0 Å². The highest BCUT2D eigenvalue weighted by Gasteiger charge is 2.34. The van der Waals surface area contributed by atoms with E-state index in [-0.39, 0.29) is 16.8 Å². The highest BCUT2D eigenvalue weighted by molar-refractivity contribution is 6.06. The number of alkyl halides is 3. The van der Waals surface area contributed by atoms with E-state index in [1.54, 1.807) is 0 Å². The molecule has 0 aliphatic heterocycles. The van der Waals surface area contributed by atoms with E-state index in [2.05, 4.69) is 10.6 Å². The van der Waals surface area contributed by atoms with Crippen molar-refractivity contribution < 1.29 is 31.5 Å². The van der Waals surface area contributed by atoms with E-state index < -0.39 is 40.9 Å². The molecule has 0 fully saturated rings. The summed E-state index contributed by atoms with van der Waals surface area (Å²) in [5.41, 5.74) is -2.58. The van der Waals surface area contributed by atoms with Crippen LogP contribution in [-0.4, -0.2) is 11.8 Å². The van der Waals surface area contributed by atoms with E-state index in [1.807, 2.05) is 0 Å². The van der Waals surface area contributed by atoms with Crippen LogP contribution in [0.15, 0.2) is 66.7 Å². The van der Waals surface area contributed by atoms with Crippen LogP contribution < -0.4 is 10.6 Å². The minimum absolute atomic E-state index is 0.167. The molecule has 0 aliphatic carbocycles. The van der Waals surface area contributed by atoms with Crippen molar-refractivity contribution in [3.8, 4) is 0 Å². The van der Waals surface area contributed by atoms with Crippen LogP contribution in [0.1, 0.15) is 26.3 Å². The van der Waals surface area contributed by atoms with Gasteiger partial charge in [-0.2, -0.15) is 13.2 Å². The van der Waals surface area contributed by atoms with Crippen LogP contribution in [0.25, 0.3) is 0 Å². The van der Waals surface area contributed by atoms with Crippen LogP contribution >= 0.6 is 0 Å². The lowest BCUT2D eigenvalue weighted by molar-refractivity contribution is -0.136. The Labute approximate surface area is 167 Å². The van der Waals surface area contributed by atoms with Gasteiger partial charge in [-0.3, -0.25) is 9.59 Å². The van der Waals surface area contributed by atoms with Crippen molar-refractivity contribution in [1.29, 1.82) is 0 Å². The molecule has 154 valence electrons. The van der Waals surface area contributed by atoms with Gasteiger partial charge in [-0.25, -0.2) is 8.78 Å². The van der Waals surface area contributed by atoms with Gasteiger partial charge in [0.2, 0.25) is 0 Å². The summed E-state index contributed by atoms with van der Waals surface area (Å²) in [5, 5.41) is 4.27. The molecule has 0 saturated heterocycles. The molecule has 3 aromatic carbocycles. The first-order chi connectivity index (χ1) is 14.1. The van der Waals surface area contributed by atoms with Crippen LogP contribution in [0.3, 0.4) is 0 Å². The number of carbonyl (C=O) groups is 2. The Balaban J connectivity index is 1.88. The SMILES string of the molecule is O=C(Nc1ccc(NC(=O)c2ccccc2F)cc1C(F)(F)F)c1cccc(F)c1. The van der Waals surface area contributed by atoms with Gasteiger partial charge in [0.25, 0.3) is 11.8 Å². The number of hydrogen-bond acceptors (Lipinski definition) is 2. The molecule has 0 saturated carbocycles. The van der Waals surface area contributed by atoms with Gasteiger partial charge in [0.1, 0.15) is 11.6 Å². The predicted molar refractivity (Wildman–Crippen MR) is 100 cm³/mol. The largest absolute Gasteiger partial charge is 0.418 e. The average molecular weight is 420 g/mol. The molecule has 0 unspecified atom stereocenters. The molecule has 4 nitrogen and oxygen atoms in total. The summed E-state index contributed by atoms with van der Waals surface area (Å²) in [5.74, 6) is -3.42. The van der Waals surface area contributed by atoms with Crippen LogP contribution in [0.5, 0.6) is 0 Å². The van der Waals surface area contributed by atoms with E-state index in [0.29, 0.717) is 6.07 Å². The Morgan fingerprint density at radius 2 is 1.50 bits per heavy atom. The highest BCUT2D eigenvalue weighted by Crippen LogP contribution is 2.37. The Hall–Kier alpha value is -3.75. The van der Waals surface area contributed by atoms with Gasteiger partial charge in [0, 0.05) is 11.3 Å². The first kappa shape index (κ1) is 21.0. The fraction of sp³-hybridized carbons (Fsp3) is 0.0476. The summed E-state index contributed by atoms with van der Waals surface area (Å²) in [6, 6.07) is 12.1. The molecule has 0 aromatic heterocycles. The predicted octanol–water partition coefficient (Wildman–Crippen LogP) is 5.49. The van der Waals surface area contributed by atoms with Crippen molar-refractivity contribution in [3.63, 3.8) is 0 Å². The van der Waals surface area contributed by atoms with Crippen LogP contribution in [0.4, 0.5) is 33.3 Å². The molecular formula is C21H13F5N2O2. The van der Waals surface area contributed by atoms with E-state index in [0.717, 1.165) is 30.3 Å². The number of hydrogen-bond donors (Lipinski definition) is 2. The maximum absolute atomic E-state index is 13.7. The smallest absolute Gasteiger partial charge is 0.322 e. The number of benzene rings is 3. The van der Waals surface area contributed by atoms with Crippen molar-refractivity contribution in [3.05, 3.63) is 95.1 Å². The molecule has 0 aliphatic rings. The number of anilines is 2. The van der Waals surface area contributed by atoms with Crippen molar-refractivity contribution in [2.45, 2.75) is 6.18 Å². The lowest BCUT2D eigenvalue weighted by atomic mass is 10.1. The Morgan fingerprint density at radius 3 is 2.17 bits per heavy atom. The topological polar surface area (TPSA) is 58.2 Å². The normalized spacial score (nSPS) is 11.1. The molecule has 3 aromatic rings. The van der Waals surface area contributed by atoms with E-state index in [9.17, 15) is 31.5 Å². The molecule has 0 radical (unpaired) electrons. The van der Waals surface area contributed by atoms with Crippen LogP contribution in [0.2, 0.25) is 0 Å². The third kappa shape index (κ3) is 4.80. The van der Waals surface area contributed by atoms with Gasteiger partial charge >= 0.3 is 6.18 Å². The maximum atomic E-state index is 13.7. The van der Waals surface area contributed by atoms with Gasteiger partial charge in [0.05, 0.1) is 16.8 Å². The van der Waals surface area contributed by atoms with Crippen molar-refractivity contribution >= 4 is 23.2 Å². The zero-order chi connectivity index (χ0) is 21.9. The molecule has 0 spiro atoms. The van der Waals surface area contributed by atoms with E-state index >= 15 is 0 Å². The minimum atomic E-state index is -4.87. The first-order valence-corrected chi connectivity index (χ1v) is 8.49. The van der Waals surface area contributed by atoms with E-state index in [4.69, 9.17) is 0 Å². The molecule has 2 amide bonds.